The maximum Gasteiger partial charge on any atom is 0.260 e. The maximum atomic E-state index is 12.3. The molecule has 0 unspecified atom stereocenters. The molecule has 1 saturated heterocycles. The van der Waals surface area contributed by atoms with Gasteiger partial charge in [0.05, 0.1) is 11.3 Å². The predicted molar refractivity (Wildman–Crippen MR) is 126 cm³/mol. The van der Waals surface area contributed by atoms with Crippen molar-refractivity contribution in [3.63, 3.8) is 0 Å². The fourth-order valence-corrected chi connectivity index (χ4v) is 4.10. The number of piperidine rings is 1. The summed E-state index contributed by atoms with van der Waals surface area (Å²) in [5.74, 6) is -0.180. The molecule has 0 radical (unpaired) electrons. The summed E-state index contributed by atoms with van der Waals surface area (Å²) in [6.07, 6.45) is 1.81. The maximum absolute atomic E-state index is 12.3. The van der Waals surface area contributed by atoms with Gasteiger partial charge in [0, 0.05) is 22.5 Å². The molecule has 2 aliphatic heterocycles. The van der Waals surface area contributed by atoms with Gasteiger partial charge in [-0.05, 0) is 38.1 Å². The van der Waals surface area contributed by atoms with E-state index in [-0.39, 0.29) is 36.8 Å². The van der Waals surface area contributed by atoms with Gasteiger partial charge in [0.2, 0.25) is 0 Å². The number of rotatable bonds is 5. The normalized spacial score (nSPS) is 17.0. The summed E-state index contributed by atoms with van der Waals surface area (Å²) in [6, 6.07) is 15.3. The van der Waals surface area contributed by atoms with Crippen LogP contribution >= 0.6 is 12.4 Å². The molecular formula is C23H24ClN5O3. The lowest BCUT2D eigenvalue weighted by molar-refractivity contribution is -0.126. The zero-order chi connectivity index (χ0) is 21.2. The third-order valence-corrected chi connectivity index (χ3v) is 5.59. The highest BCUT2D eigenvalue weighted by Gasteiger charge is 2.29. The number of benzene rings is 2. The molecule has 0 aliphatic carbocycles. The summed E-state index contributed by atoms with van der Waals surface area (Å²) in [4.78, 5) is 25.4. The minimum Gasteiger partial charge on any atom is -0.494 e. The number of oxime groups is 1. The fraction of sp³-hybridized carbons (Fsp3) is 0.261. The molecule has 2 aliphatic rings. The first kappa shape index (κ1) is 21.9. The lowest BCUT2D eigenvalue weighted by Gasteiger charge is -2.23. The average molecular weight is 454 g/mol. The van der Waals surface area contributed by atoms with Crippen molar-refractivity contribution in [2.75, 3.05) is 19.7 Å². The number of nitrogens with one attached hydrogen (secondary N) is 3. The second-order valence-corrected chi connectivity index (χ2v) is 7.68. The highest BCUT2D eigenvalue weighted by molar-refractivity contribution is 6.58. The van der Waals surface area contributed by atoms with Crippen LogP contribution in [0.2, 0.25) is 0 Å². The van der Waals surface area contributed by atoms with Gasteiger partial charge in [0.15, 0.2) is 12.5 Å². The highest BCUT2D eigenvalue weighted by atomic mass is 35.5. The second kappa shape index (κ2) is 9.42. The molecule has 8 nitrogen and oxygen atoms in total. The Bertz CT molecular complexity index is 1200. The van der Waals surface area contributed by atoms with Crippen LogP contribution in [0.1, 0.15) is 24.0 Å². The van der Waals surface area contributed by atoms with E-state index in [1.807, 2.05) is 48.5 Å². The Morgan fingerprint density at radius 2 is 1.91 bits per heavy atom. The van der Waals surface area contributed by atoms with Gasteiger partial charge in [-0.25, -0.2) is 4.99 Å². The number of aromatic nitrogens is 1. The van der Waals surface area contributed by atoms with Gasteiger partial charge < -0.3 is 25.6 Å². The third-order valence-electron chi connectivity index (χ3n) is 5.59. The van der Waals surface area contributed by atoms with Gasteiger partial charge in [0.25, 0.3) is 5.91 Å². The van der Waals surface area contributed by atoms with Crippen molar-refractivity contribution in [2.24, 2.45) is 10.1 Å². The van der Waals surface area contributed by atoms with Crippen LogP contribution in [0.4, 0.5) is 5.69 Å². The van der Waals surface area contributed by atoms with Gasteiger partial charge in [0.1, 0.15) is 11.4 Å². The number of fused-ring (bicyclic) bond motifs is 2. The number of hydrogen-bond acceptors (Lipinski definition) is 6. The molecule has 166 valence electrons. The Labute approximate surface area is 191 Å². The Morgan fingerprint density at radius 1 is 1.16 bits per heavy atom. The van der Waals surface area contributed by atoms with Crippen molar-refractivity contribution in [3.05, 3.63) is 59.7 Å². The van der Waals surface area contributed by atoms with Gasteiger partial charge in [-0.15, -0.1) is 12.4 Å². The van der Waals surface area contributed by atoms with Gasteiger partial charge >= 0.3 is 0 Å². The molecule has 3 heterocycles. The highest BCUT2D eigenvalue weighted by Crippen LogP contribution is 2.35. The predicted octanol–water partition coefficient (Wildman–Crippen LogP) is 3.02. The Hall–Kier alpha value is -3.36. The number of carbonyl (C=O) groups is 1. The Balaban J connectivity index is 0.00000245. The minimum absolute atomic E-state index is 0. The van der Waals surface area contributed by atoms with E-state index in [1.165, 1.54) is 0 Å². The van der Waals surface area contributed by atoms with Crippen molar-refractivity contribution in [2.45, 2.75) is 18.9 Å². The quantitative estimate of drug-likeness (QED) is 0.445. The van der Waals surface area contributed by atoms with E-state index >= 15 is 0 Å². The van der Waals surface area contributed by atoms with Crippen LogP contribution in [0.15, 0.2) is 58.7 Å². The zero-order valence-corrected chi connectivity index (χ0v) is 18.1. The molecule has 1 fully saturated rings. The first-order valence-corrected chi connectivity index (χ1v) is 10.4. The Kier molecular flexibility index (Phi) is 6.43. The van der Waals surface area contributed by atoms with Crippen LogP contribution in [0.5, 0.6) is 5.88 Å². The molecule has 0 bridgehead atoms. The number of halogens is 1. The third kappa shape index (κ3) is 4.19. The van der Waals surface area contributed by atoms with Crippen LogP contribution < -0.4 is 10.6 Å². The lowest BCUT2D eigenvalue weighted by atomic mass is 10.0. The summed E-state index contributed by atoms with van der Waals surface area (Å²) < 4.78 is 0. The van der Waals surface area contributed by atoms with E-state index in [0.717, 1.165) is 48.1 Å². The number of aliphatic imine (C=N–C) groups is 1. The van der Waals surface area contributed by atoms with E-state index in [4.69, 9.17) is 9.83 Å². The van der Waals surface area contributed by atoms with E-state index in [2.05, 4.69) is 20.8 Å². The molecule has 1 aromatic heterocycles. The zero-order valence-electron chi connectivity index (χ0n) is 17.3. The smallest absolute Gasteiger partial charge is 0.260 e. The standard InChI is InChI=1S/C23H23N5O3.ClH/c29-19(25-14-9-11-24-12-10-14)13-31-28-21-16-6-2-4-8-18(16)26-22(21)20-15-5-1-3-7-17(15)27-23(20)30;/h1-8,14,24,27,30H,9-13H2,(H,25,29);1H/b28-21+;. The Morgan fingerprint density at radius 3 is 2.75 bits per heavy atom. The number of para-hydroxylation sites is 2. The molecular weight excluding hydrogens is 430 g/mol. The molecule has 0 spiro atoms. The largest absolute Gasteiger partial charge is 0.494 e. The van der Waals surface area contributed by atoms with Crippen LogP contribution in [-0.2, 0) is 9.63 Å². The molecule has 3 aromatic rings. The van der Waals surface area contributed by atoms with Gasteiger partial charge in [-0.1, -0.05) is 41.6 Å². The van der Waals surface area contributed by atoms with E-state index < -0.39 is 0 Å². The number of aromatic amines is 1. The van der Waals surface area contributed by atoms with Crippen molar-refractivity contribution in [3.8, 4) is 5.88 Å². The van der Waals surface area contributed by atoms with Crippen LogP contribution in [0, 0.1) is 0 Å². The van der Waals surface area contributed by atoms with Gasteiger partial charge in [-0.2, -0.15) is 0 Å². The van der Waals surface area contributed by atoms with E-state index in [1.54, 1.807) is 0 Å². The van der Waals surface area contributed by atoms with Crippen molar-refractivity contribution >= 4 is 46.3 Å². The number of H-pyrrole nitrogens is 1. The molecule has 9 heteroatoms. The lowest BCUT2D eigenvalue weighted by Crippen LogP contribution is -2.43. The van der Waals surface area contributed by atoms with Crippen molar-refractivity contribution < 1.29 is 14.7 Å². The van der Waals surface area contributed by atoms with Gasteiger partial charge in [-0.3, -0.25) is 4.79 Å². The van der Waals surface area contributed by atoms with Crippen molar-refractivity contribution in [1.82, 2.24) is 15.6 Å². The second-order valence-electron chi connectivity index (χ2n) is 7.68. The van der Waals surface area contributed by atoms with E-state index in [0.29, 0.717) is 17.0 Å². The molecule has 4 N–H and O–H groups in total. The molecule has 32 heavy (non-hydrogen) atoms. The monoisotopic (exact) mass is 453 g/mol. The molecule has 1 amide bonds. The molecule has 0 saturated carbocycles. The number of carbonyl (C=O) groups excluding carboxylic acids is 1. The number of nitrogens with zero attached hydrogens (tertiary/aromatic N) is 2. The van der Waals surface area contributed by atoms with Crippen LogP contribution in [0.25, 0.3) is 10.9 Å². The summed E-state index contributed by atoms with van der Waals surface area (Å²) in [7, 11) is 0. The molecule has 2 aromatic carbocycles. The van der Waals surface area contributed by atoms with E-state index in [9.17, 15) is 9.90 Å². The number of aromatic hydroxyl groups is 1. The summed E-state index contributed by atoms with van der Waals surface area (Å²) >= 11 is 0. The molecule has 5 rings (SSSR count). The topological polar surface area (TPSA) is 111 Å². The van der Waals surface area contributed by atoms with Crippen molar-refractivity contribution in [1.29, 1.82) is 0 Å². The first-order valence-electron chi connectivity index (χ1n) is 10.4. The average Bonchev–Trinajstić information content (AvgIpc) is 3.31. The van der Waals surface area contributed by atoms with Crippen LogP contribution in [0.3, 0.4) is 0 Å². The summed E-state index contributed by atoms with van der Waals surface area (Å²) in [5.41, 5.74) is 3.90. The molecule has 0 atom stereocenters. The number of amides is 1. The summed E-state index contributed by atoms with van der Waals surface area (Å²) in [5, 5.41) is 22.0. The SMILES string of the molecule is Cl.O=C(CO/N=C1/C(c2c(O)[nH]c3ccccc23)=Nc2ccccc21)NC1CCNCC1. The number of hydrogen-bond donors (Lipinski definition) is 4. The fourth-order valence-electron chi connectivity index (χ4n) is 4.10. The first-order chi connectivity index (χ1) is 15.2. The summed E-state index contributed by atoms with van der Waals surface area (Å²) in [6.45, 7) is 1.63. The van der Waals surface area contributed by atoms with Crippen LogP contribution in [-0.4, -0.2) is 53.2 Å². The minimum atomic E-state index is -0.198.